The van der Waals surface area contributed by atoms with Crippen LogP contribution in [0.5, 0.6) is 0 Å². The minimum atomic E-state index is -0.231. The molecule has 0 spiro atoms. The Morgan fingerprint density at radius 1 is 0.943 bits per heavy atom. The van der Waals surface area contributed by atoms with Gasteiger partial charge in [-0.3, -0.25) is 14.2 Å². The summed E-state index contributed by atoms with van der Waals surface area (Å²) in [4.78, 5) is 22.4. The molecule has 1 N–H and O–H groups in total. The molecule has 1 aromatic carbocycles. The molecule has 170 valence electrons. The molecule has 0 aliphatic carbocycles. The third kappa shape index (κ3) is 3.99. The van der Waals surface area contributed by atoms with Gasteiger partial charge >= 0.3 is 0 Å². The smallest absolute Gasteiger partial charge is 0.252 e. The highest BCUT2D eigenvalue weighted by molar-refractivity contribution is 6.06. The molecular weight excluding hydrogens is 440 g/mol. The van der Waals surface area contributed by atoms with Crippen LogP contribution in [0.15, 0.2) is 91.5 Å². The van der Waals surface area contributed by atoms with E-state index in [0.717, 1.165) is 16.8 Å². The Labute approximate surface area is 200 Å². The first-order valence-corrected chi connectivity index (χ1v) is 11.1. The van der Waals surface area contributed by atoms with Gasteiger partial charge in [-0.25, -0.2) is 9.67 Å². The zero-order valence-electron chi connectivity index (χ0n) is 18.6. The fourth-order valence-electron chi connectivity index (χ4n) is 4.04. The SMILES string of the molecule is O=C(NCc1nnc2ccccn12)c1cc(-c2ccccc2)nc2c1cnn2Cc1ccncc1. The molecule has 9 nitrogen and oxygen atoms in total. The topological polar surface area (TPSA) is 103 Å². The standard InChI is InChI=1S/C26H20N8O/c35-26(28-16-24-32-31-23-8-4-5-13-33(23)24)20-14-22(19-6-2-1-3-7-19)30-25-21(20)15-29-34(25)17-18-9-11-27-12-10-18/h1-15H,16-17H2,(H,28,35). The third-order valence-electron chi connectivity index (χ3n) is 5.80. The highest BCUT2D eigenvalue weighted by Gasteiger charge is 2.18. The maximum absolute atomic E-state index is 13.4. The van der Waals surface area contributed by atoms with E-state index in [4.69, 9.17) is 4.98 Å². The lowest BCUT2D eigenvalue weighted by molar-refractivity contribution is 0.0951. The van der Waals surface area contributed by atoms with Crippen LogP contribution in [0.1, 0.15) is 21.7 Å². The van der Waals surface area contributed by atoms with Gasteiger partial charge in [0.2, 0.25) is 0 Å². The molecule has 0 saturated carbocycles. The summed E-state index contributed by atoms with van der Waals surface area (Å²) in [5.41, 5.74) is 4.54. The number of benzene rings is 1. The van der Waals surface area contributed by atoms with Gasteiger partial charge in [0.05, 0.1) is 35.9 Å². The zero-order chi connectivity index (χ0) is 23.6. The lowest BCUT2D eigenvalue weighted by atomic mass is 10.1. The highest BCUT2D eigenvalue weighted by Crippen LogP contribution is 2.25. The Morgan fingerprint density at radius 3 is 2.63 bits per heavy atom. The van der Waals surface area contributed by atoms with Crippen LogP contribution in [-0.4, -0.2) is 40.3 Å². The Kier molecular flexibility index (Phi) is 5.19. The first kappa shape index (κ1) is 20.7. The van der Waals surface area contributed by atoms with E-state index in [-0.39, 0.29) is 12.5 Å². The van der Waals surface area contributed by atoms with Crippen molar-refractivity contribution in [3.63, 3.8) is 0 Å². The molecule has 35 heavy (non-hydrogen) atoms. The van der Waals surface area contributed by atoms with Gasteiger partial charge < -0.3 is 5.32 Å². The van der Waals surface area contributed by atoms with Crippen molar-refractivity contribution in [3.05, 3.63) is 108 Å². The number of rotatable bonds is 6. The molecule has 9 heteroatoms. The molecule has 0 atom stereocenters. The van der Waals surface area contributed by atoms with Gasteiger partial charge in [0.25, 0.3) is 5.91 Å². The van der Waals surface area contributed by atoms with E-state index >= 15 is 0 Å². The second-order valence-corrected chi connectivity index (χ2v) is 8.04. The summed E-state index contributed by atoms with van der Waals surface area (Å²) in [5, 5.41) is 16.6. The summed E-state index contributed by atoms with van der Waals surface area (Å²) in [6.45, 7) is 0.754. The summed E-state index contributed by atoms with van der Waals surface area (Å²) in [6, 6.07) is 21.1. The van der Waals surface area contributed by atoms with Gasteiger partial charge in [-0.05, 0) is 35.9 Å². The van der Waals surface area contributed by atoms with Gasteiger partial charge in [0.1, 0.15) is 0 Å². The Balaban J connectivity index is 1.38. The summed E-state index contributed by atoms with van der Waals surface area (Å²) in [7, 11) is 0. The third-order valence-corrected chi connectivity index (χ3v) is 5.80. The molecule has 6 rings (SSSR count). The van der Waals surface area contributed by atoms with Crippen LogP contribution in [0.2, 0.25) is 0 Å². The number of nitrogens with one attached hydrogen (secondary N) is 1. The van der Waals surface area contributed by atoms with E-state index in [1.165, 1.54) is 0 Å². The normalized spacial score (nSPS) is 11.2. The molecule has 0 aliphatic heterocycles. The average molecular weight is 461 g/mol. The van der Waals surface area contributed by atoms with Crippen LogP contribution in [0.3, 0.4) is 0 Å². The number of aromatic nitrogens is 7. The number of nitrogens with zero attached hydrogens (tertiary/aromatic N) is 7. The second-order valence-electron chi connectivity index (χ2n) is 8.04. The number of fused-ring (bicyclic) bond motifs is 2. The predicted octanol–water partition coefficient (Wildman–Crippen LogP) is 3.51. The van der Waals surface area contributed by atoms with Crippen molar-refractivity contribution in [2.24, 2.45) is 0 Å². The maximum Gasteiger partial charge on any atom is 0.252 e. The van der Waals surface area contributed by atoms with E-state index in [1.54, 1.807) is 23.3 Å². The number of hydrogen-bond donors (Lipinski definition) is 1. The molecule has 6 aromatic rings. The first-order chi connectivity index (χ1) is 17.3. The quantitative estimate of drug-likeness (QED) is 0.408. The monoisotopic (exact) mass is 460 g/mol. The number of pyridine rings is 3. The van der Waals surface area contributed by atoms with E-state index in [9.17, 15) is 4.79 Å². The van der Waals surface area contributed by atoms with Crippen molar-refractivity contribution in [1.82, 2.24) is 39.7 Å². The van der Waals surface area contributed by atoms with Gasteiger partial charge in [-0.2, -0.15) is 5.10 Å². The number of amides is 1. The Bertz CT molecular complexity index is 1640. The minimum absolute atomic E-state index is 0.231. The van der Waals surface area contributed by atoms with Crippen molar-refractivity contribution >= 4 is 22.6 Å². The van der Waals surface area contributed by atoms with Crippen LogP contribution >= 0.6 is 0 Å². The summed E-state index contributed by atoms with van der Waals surface area (Å²) < 4.78 is 3.66. The molecule has 5 heterocycles. The first-order valence-electron chi connectivity index (χ1n) is 11.1. The molecule has 5 aromatic heterocycles. The van der Waals surface area contributed by atoms with E-state index in [1.807, 2.05) is 77.3 Å². The lowest BCUT2D eigenvalue weighted by Crippen LogP contribution is -2.24. The van der Waals surface area contributed by atoms with Crippen LogP contribution < -0.4 is 5.32 Å². The molecular formula is C26H20N8O. The lowest BCUT2D eigenvalue weighted by Gasteiger charge is -2.10. The van der Waals surface area contributed by atoms with E-state index in [0.29, 0.717) is 34.7 Å². The van der Waals surface area contributed by atoms with Crippen LogP contribution in [-0.2, 0) is 13.1 Å². The molecule has 0 unspecified atom stereocenters. The van der Waals surface area contributed by atoms with Crippen molar-refractivity contribution in [3.8, 4) is 11.3 Å². The Morgan fingerprint density at radius 2 is 1.77 bits per heavy atom. The van der Waals surface area contributed by atoms with Gasteiger partial charge in [0.15, 0.2) is 17.1 Å². The number of carbonyl (C=O) groups excluding carboxylic acids is 1. The summed E-state index contributed by atoms with van der Waals surface area (Å²) in [5.74, 6) is 0.418. The fraction of sp³-hybridized carbons (Fsp3) is 0.0769. The van der Waals surface area contributed by atoms with Crippen molar-refractivity contribution in [2.75, 3.05) is 0 Å². The zero-order valence-corrected chi connectivity index (χ0v) is 18.6. The molecule has 0 fully saturated rings. The van der Waals surface area contributed by atoms with Crippen LogP contribution in [0.25, 0.3) is 27.9 Å². The Hall–Kier alpha value is -4.92. The fourth-order valence-corrected chi connectivity index (χ4v) is 4.04. The minimum Gasteiger partial charge on any atom is -0.345 e. The molecule has 0 bridgehead atoms. The largest absolute Gasteiger partial charge is 0.345 e. The van der Waals surface area contributed by atoms with Gasteiger partial charge in [-0.1, -0.05) is 36.4 Å². The highest BCUT2D eigenvalue weighted by atomic mass is 16.1. The van der Waals surface area contributed by atoms with Crippen molar-refractivity contribution in [2.45, 2.75) is 13.1 Å². The molecule has 0 aliphatic rings. The summed E-state index contributed by atoms with van der Waals surface area (Å²) >= 11 is 0. The molecule has 1 amide bonds. The van der Waals surface area contributed by atoms with Gasteiger partial charge in [-0.15, -0.1) is 10.2 Å². The van der Waals surface area contributed by atoms with Crippen molar-refractivity contribution < 1.29 is 4.79 Å². The van der Waals surface area contributed by atoms with Crippen molar-refractivity contribution in [1.29, 1.82) is 0 Å². The molecule has 0 radical (unpaired) electrons. The van der Waals surface area contributed by atoms with Crippen LogP contribution in [0, 0.1) is 0 Å². The van der Waals surface area contributed by atoms with E-state index < -0.39 is 0 Å². The predicted molar refractivity (Wildman–Crippen MR) is 130 cm³/mol. The number of carbonyl (C=O) groups is 1. The summed E-state index contributed by atoms with van der Waals surface area (Å²) in [6.07, 6.45) is 7.06. The van der Waals surface area contributed by atoms with Gasteiger partial charge in [0, 0.05) is 24.2 Å². The average Bonchev–Trinajstić information content (AvgIpc) is 3.52. The number of hydrogen-bond acceptors (Lipinski definition) is 6. The second kappa shape index (κ2) is 8.79. The van der Waals surface area contributed by atoms with Crippen LogP contribution in [0.4, 0.5) is 0 Å². The molecule has 0 saturated heterocycles. The van der Waals surface area contributed by atoms with E-state index in [2.05, 4.69) is 25.6 Å². The maximum atomic E-state index is 13.4.